The van der Waals surface area contributed by atoms with Gasteiger partial charge in [0.05, 0.1) is 32.9 Å². The fraction of sp³-hybridized carbons (Fsp3) is 0.241. The van der Waals surface area contributed by atoms with Crippen molar-refractivity contribution in [2.45, 2.75) is 19.4 Å². The van der Waals surface area contributed by atoms with Gasteiger partial charge in [0.2, 0.25) is 0 Å². The van der Waals surface area contributed by atoms with E-state index in [9.17, 15) is 19.8 Å². The summed E-state index contributed by atoms with van der Waals surface area (Å²) in [4.78, 5) is 27.9. The van der Waals surface area contributed by atoms with Crippen LogP contribution in [-0.4, -0.2) is 54.7 Å². The van der Waals surface area contributed by atoms with Crippen LogP contribution in [-0.2, 0) is 16.0 Å². The molecule has 8 heteroatoms. The number of Topliss-reactive ketones (excluding diaryl/α,β-unsaturated/α-hetero) is 1. The van der Waals surface area contributed by atoms with Crippen molar-refractivity contribution in [1.82, 2.24) is 4.90 Å². The molecule has 1 amide bonds. The number of nitrogens with zero attached hydrogens (tertiary/aromatic N) is 1. The third-order valence-electron chi connectivity index (χ3n) is 6.51. The fourth-order valence-corrected chi connectivity index (χ4v) is 4.58. The number of hydrogen-bond donors (Lipinski definition) is 2. The summed E-state index contributed by atoms with van der Waals surface area (Å²) in [6.07, 6.45) is 0.434. The second-order valence-corrected chi connectivity index (χ2v) is 8.71. The number of ether oxygens (including phenoxy) is 3. The molecule has 1 heterocycles. The third kappa shape index (κ3) is 4.95. The van der Waals surface area contributed by atoms with Gasteiger partial charge in [-0.2, -0.15) is 0 Å². The standard InChI is InChI=1S/C29H29NO7/c1-17-15-20(8-12-22(17)35-2)27(32)25-26(19-6-9-21(31)10-7-19)30(29(34)28(25)33)14-13-18-5-11-23(36-3)24(16-18)37-4/h5-12,15-16,26,31-32H,13-14H2,1-4H3/b27-25-. The van der Waals surface area contributed by atoms with E-state index >= 15 is 0 Å². The molecular formula is C29H29NO7. The predicted molar refractivity (Wildman–Crippen MR) is 138 cm³/mol. The van der Waals surface area contributed by atoms with Crippen molar-refractivity contribution in [3.63, 3.8) is 0 Å². The van der Waals surface area contributed by atoms with Gasteiger partial charge in [0, 0.05) is 12.1 Å². The van der Waals surface area contributed by atoms with E-state index in [1.54, 1.807) is 57.7 Å². The number of phenols is 1. The number of methoxy groups -OCH3 is 3. The molecule has 3 aromatic rings. The lowest BCUT2D eigenvalue weighted by atomic mass is 9.94. The Labute approximate surface area is 215 Å². The molecule has 0 spiro atoms. The molecule has 0 saturated carbocycles. The molecule has 1 saturated heterocycles. The molecule has 8 nitrogen and oxygen atoms in total. The molecule has 0 bridgehead atoms. The fourth-order valence-electron chi connectivity index (χ4n) is 4.58. The molecule has 2 N–H and O–H groups in total. The van der Waals surface area contributed by atoms with Gasteiger partial charge in [-0.25, -0.2) is 0 Å². The highest BCUT2D eigenvalue weighted by atomic mass is 16.5. The second kappa shape index (κ2) is 10.7. The van der Waals surface area contributed by atoms with Crippen LogP contribution in [0.5, 0.6) is 23.0 Å². The number of carbonyl (C=O) groups is 2. The summed E-state index contributed by atoms with van der Waals surface area (Å²) in [5, 5.41) is 21.1. The highest BCUT2D eigenvalue weighted by Gasteiger charge is 2.45. The van der Waals surface area contributed by atoms with Gasteiger partial charge in [-0.3, -0.25) is 9.59 Å². The van der Waals surface area contributed by atoms with E-state index in [0.29, 0.717) is 34.8 Å². The highest BCUT2D eigenvalue weighted by molar-refractivity contribution is 6.46. The molecule has 192 valence electrons. The van der Waals surface area contributed by atoms with Crippen molar-refractivity contribution in [2.75, 3.05) is 27.9 Å². The average molecular weight is 504 g/mol. The molecule has 0 aliphatic carbocycles. The van der Waals surface area contributed by atoms with Crippen molar-refractivity contribution >= 4 is 17.4 Å². The van der Waals surface area contributed by atoms with Crippen molar-refractivity contribution in [3.8, 4) is 23.0 Å². The molecule has 1 fully saturated rings. The molecule has 3 aromatic carbocycles. The van der Waals surface area contributed by atoms with Crippen LogP contribution in [0.4, 0.5) is 0 Å². The zero-order valence-corrected chi connectivity index (χ0v) is 21.1. The summed E-state index contributed by atoms with van der Waals surface area (Å²) < 4.78 is 16.0. The number of carbonyl (C=O) groups excluding carboxylic acids is 2. The molecule has 1 atom stereocenters. The van der Waals surface area contributed by atoms with Crippen LogP contribution in [0.25, 0.3) is 5.76 Å². The Balaban J connectivity index is 1.75. The molecule has 1 aliphatic heterocycles. The van der Waals surface area contributed by atoms with Gasteiger partial charge in [0.25, 0.3) is 11.7 Å². The Bertz CT molecular complexity index is 1360. The molecule has 37 heavy (non-hydrogen) atoms. The summed E-state index contributed by atoms with van der Waals surface area (Å²) in [5.74, 6) is 0.105. The lowest BCUT2D eigenvalue weighted by Crippen LogP contribution is -2.31. The number of aliphatic hydroxyl groups excluding tert-OH is 1. The molecule has 0 radical (unpaired) electrons. The van der Waals surface area contributed by atoms with Crippen molar-refractivity contribution < 1.29 is 34.0 Å². The largest absolute Gasteiger partial charge is 0.508 e. The van der Waals surface area contributed by atoms with Gasteiger partial charge in [-0.15, -0.1) is 0 Å². The summed E-state index contributed by atoms with van der Waals surface area (Å²) in [5.41, 5.74) is 2.65. The molecular weight excluding hydrogens is 474 g/mol. The maximum atomic E-state index is 13.3. The highest BCUT2D eigenvalue weighted by Crippen LogP contribution is 2.40. The van der Waals surface area contributed by atoms with Crippen LogP contribution in [0.1, 0.15) is 28.3 Å². The first-order chi connectivity index (χ1) is 17.8. The number of phenolic OH excluding ortho intramolecular Hbond substituents is 1. The van der Waals surface area contributed by atoms with Gasteiger partial charge in [0.15, 0.2) is 11.5 Å². The van der Waals surface area contributed by atoms with Crippen LogP contribution in [0.15, 0.2) is 66.2 Å². The van der Waals surface area contributed by atoms with E-state index in [4.69, 9.17) is 14.2 Å². The van der Waals surface area contributed by atoms with Gasteiger partial charge >= 0.3 is 0 Å². The number of rotatable bonds is 8. The number of aryl methyl sites for hydroxylation is 1. The van der Waals surface area contributed by atoms with Gasteiger partial charge in [-0.05, 0) is 72.5 Å². The monoisotopic (exact) mass is 503 g/mol. The minimum atomic E-state index is -0.830. The predicted octanol–water partition coefficient (Wildman–Crippen LogP) is 4.39. The van der Waals surface area contributed by atoms with Crippen LogP contribution >= 0.6 is 0 Å². The smallest absolute Gasteiger partial charge is 0.295 e. The third-order valence-corrected chi connectivity index (χ3v) is 6.51. The maximum Gasteiger partial charge on any atom is 0.295 e. The number of likely N-dealkylation sites (tertiary alicyclic amines) is 1. The zero-order valence-electron chi connectivity index (χ0n) is 21.1. The topological polar surface area (TPSA) is 106 Å². The van der Waals surface area contributed by atoms with E-state index < -0.39 is 17.7 Å². The van der Waals surface area contributed by atoms with Crippen LogP contribution < -0.4 is 14.2 Å². The van der Waals surface area contributed by atoms with Crippen molar-refractivity contribution in [1.29, 1.82) is 0 Å². The van der Waals surface area contributed by atoms with Crippen LogP contribution in [0.3, 0.4) is 0 Å². The molecule has 1 unspecified atom stereocenters. The first-order valence-corrected chi connectivity index (χ1v) is 11.7. The number of amides is 1. The van der Waals surface area contributed by atoms with Crippen LogP contribution in [0.2, 0.25) is 0 Å². The summed E-state index contributed by atoms with van der Waals surface area (Å²) >= 11 is 0. The number of aliphatic hydroxyl groups is 1. The normalized spacial score (nSPS) is 16.6. The quantitative estimate of drug-likeness (QED) is 0.267. The first-order valence-electron chi connectivity index (χ1n) is 11.7. The van der Waals surface area contributed by atoms with Gasteiger partial charge < -0.3 is 29.3 Å². The average Bonchev–Trinajstić information content (AvgIpc) is 3.16. The van der Waals surface area contributed by atoms with E-state index in [1.165, 1.54) is 17.0 Å². The minimum absolute atomic E-state index is 0.00688. The minimum Gasteiger partial charge on any atom is -0.508 e. The molecule has 0 aromatic heterocycles. The summed E-state index contributed by atoms with van der Waals surface area (Å²) in [6.45, 7) is 2.04. The number of aromatic hydroxyl groups is 1. The Morgan fingerprint density at radius 3 is 2.14 bits per heavy atom. The molecule has 1 aliphatic rings. The SMILES string of the molecule is COc1ccc(/C(O)=C2/C(=O)C(=O)N(CCc3ccc(OC)c(OC)c3)C2c2ccc(O)cc2)cc1C. The van der Waals surface area contributed by atoms with E-state index in [1.807, 2.05) is 19.1 Å². The Hall–Kier alpha value is -4.46. The maximum absolute atomic E-state index is 13.3. The van der Waals surface area contributed by atoms with E-state index in [0.717, 1.165) is 11.1 Å². The van der Waals surface area contributed by atoms with Crippen molar-refractivity contribution in [2.24, 2.45) is 0 Å². The number of ketones is 1. The van der Waals surface area contributed by atoms with Gasteiger partial charge in [0.1, 0.15) is 17.3 Å². The zero-order chi connectivity index (χ0) is 26.7. The lowest BCUT2D eigenvalue weighted by Gasteiger charge is -2.25. The van der Waals surface area contributed by atoms with Crippen molar-refractivity contribution in [3.05, 3.63) is 88.5 Å². The Kier molecular flexibility index (Phi) is 7.38. The lowest BCUT2D eigenvalue weighted by molar-refractivity contribution is -0.139. The van der Waals surface area contributed by atoms with E-state index in [2.05, 4.69) is 0 Å². The van der Waals surface area contributed by atoms with E-state index in [-0.39, 0.29) is 23.6 Å². The van der Waals surface area contributed by atoms with Crippen LogP contribution in [0, 0.1) is 6.92 Å². The summed E-state index contributed by atoms with van der Waals surface area (Å²) in [6, 6.07) is 16.0. The summed E-state index contributed by atoms with van der Waals surface area (Å²) in [7, 11) is 4.65. The first kappa shape index (κ1) is 25.6. The van der Waals surface area contributed by atoms with Gasteiger partial charge in [-0.1, -0.05) is 18.2 Å². The second-order valence-electron chi connectivity index (χ2n) is 8.71. The molecule has 4 rings (SSSR count). The Morgan fingerprint density at radius 1 is 0.865 bits per heavy atom. The number of hydrogen-bond acceptors (Lipinski definition) is 7. The Morgan fingerprint density at radius 2 is 1.51 bits per heavy atom. The number of benzene rings is 3.